The summed E-state index contributed by atoms with van der Waals surface area (Å²) in [5.41, 5.74) is -0.268. The second-order valence-corrected chi connectivity index (χ2v) is 9.08. The molecule has 2 bridgehead atoms. The number of ether oxygens (including phenoxy) is 4. The van der Waals surface area contributed by atoms with Gasteiger partial charge in [-0.3, -0.25) is 9.59 Å². The normalized spacial score (nSPS) is 57.2. The Bertz CT molecular complexity index is 633. The zero-order chi connectivity index (χ0) is 15.9. The smallest absolute Gasteiger partial charge is 0.320 e. The zero-order valence-electron chi connectivity index (χ0n) is 12.8. The Labute approximate surface area is 141 Å². The fraction of sp³-hybridized carbons (Fsp3) is 0.875. The maximum absolute atomic E-state index is 12.3. The maximum atomic E-state index is 12.3. The topological polar surface area (TPSA) is 71.1 Å². The monoisotopic (exact) mass is 384 g/mol. The lowest BCUT2D eigenvalue weighted by molar-refractivity contribution is -0.450. The van der Waals surface area contributed by atoms with E-state index in [1.165, 1.54) is 14.2 Å². The van der Waals surface area contributed by atoms with E-state index in [4.69, 9.17) is 18.9 Å². The summed E-state index contributed by atoms with van der Waals surface area (Å²) >= 11 is 3.97. The van der Waals surface area contributed by atoms with Crippen LogP contribution in [0.25, 0.3) is 0 Å². The SMILES string of the molecule is COC(=O)C(C(=O)OC)C12C3[C@H]4[C@H]1C1[C@H]2[C@H]3C4(Br)C12OCCO2. The second-order valence-electron chi connectivity index (χ2n) is 7.77. The molecule has 6 nitrogen and oxygen atoms in total. The van der Waals surface area contributed by atoms with E-state index in [2.05, 4.69) is 15.9 Å². The minimum Gasteiger partial charge on any atom is -0.468 e. The summed E-state index contributed by atoms with van der Waals surface area (Å²) in [7, 11) is 2.67. The molecular formula is C16H17BrO6. The number of esters is 2. The van der Waals surface area contributed by atoms with Crippen molar-refractivity contribution < 1.29 is 28.5 Å². The van der Waals surface area contributed by atoms with Crippen LogP contribution in [0, 0.1) is 46.8 Å². The molecule has 0 aromatic heterocycles. The van der Waals surface area contributed by atoms with Crippen molar-refractivity contribution in [3.8, 4) is 0 Å². The summed E-state index contributed by atoms with van der Waals surface area (Å²) in [6, 6.07) is 0. The van der Waals surface area contributed by atoms with Crippen molar-refractivity contribution in [2.24, 2.45) is 46.8 Å². The van der Waals surface area contributed by atoms with Crippen LogP contribution in [0.2, 0.25) is 0 Å². The number of rotatable bonds is 3. The fourth-order valence-corrected chi connectivity index (χ4v) is 9.65. The fourth-order valence-electron chi connectivity index (χ4n) is 8.02. The molecule has 4 unspecified atom stereocenters. The first-order chi connectivity index (χ1) is 11.0. The quantitative estimate of drug-likeness (QED) is 0.402. The van der Waals surface area contributed by atoms with Crippen molar-refractivity contribution in [1.82, 2.24) is 0 Å². The molecule has 6 saturated carbocycles. The Hall–Kier alpha value is -0.660. The van der Waals surface area contributed by atoms with E-state index in [0.717, 1.165) is 0 Å². The minimum atomic E-state index is -0.796. The first kappa shape index (κ1) is 13.6. The summed E-state index contributed by atoms with van der Waals surface area (Å²) < 4.78 is 22.0. The number of alkyl halides is 1. The molecule has 0 aromatic rings. The van der Waals surface area contributed by atoms with Gasteiger partial charge in [-0.2, -0.15) is 0 Å². The molecule has 1 spiro atoms. The molecule has 1 aliphatic heterocycles. The molecular weight excluding hydrogens is 368 g/mol. The number of hydrogen-bond acceptors (Lipinski definition) is 6. The van der Waals surface area contributed by atoms with Gasteiger partial charge in [0.2, 0.25) is 0 Å². The highest BCUT2D eigenvalue weighted by Gasteiger charge is 3.10. The van der Waals surface area contributed by atoms with Crippen LogP contribution >= 0.6 is 15.9 Å². The van der Waals surface area contributed by atoms with Crippen LogP contribution in [-0.2, 0) is 28.5 Å². The molecule has 7 rings (SSSR count). The van der Waals surface area contributed by atoms with Gasteiger partial charge < -0.3 is 18.9 Å². The molecule has 0 N–H and O–H groups in total. The number of carbonyl (C=O) groups is 2. The molecule has 7 heteroatoms. The molecule has 7 fully saturated rings. The number of carbonyl (C=O) groups excluding carboxylic acids is 2. The molecule has 0 aromatic carbocycles. The average molecular weight is 385 g/mol. The highest BCUT2D eigenvalue weighted by molar-refractivity contribution is 9.10. The van der Waals surface area contributed by atoms with Crippen molar-refractivity contribution in [3.63, 3.8) is 0 Å². The van der Waals surface area contributed by atoms with E-state index < -0.39 is 23.6 Å². The molecule has 8 atom stereocenters. The Morgan fingerprint density at radius 3 is 1.91 bits per heavy atom. The van der Waals surface area contributed by atoms with Crippen LogP contribution in [0.5, 0.6) is 0 Å². The van der Waals surface area contributed by atoms with Crippen LogP contribution in [0.3, 0.4) is 0 Å². The van der Waals surface area contributed by atoms with Crippen LogP contribution in [0.1, 0.15) is 0 Å². The van der Waals surface area contributed by atoms with E-state index in [-0.39, 0.29) is 9.74 Å². The molecule has 0 radical (unpaired) electrons. The summed E-state index contributed by atoms with van der Waals surface area (Å²) in [4.78, 5) is 24.7. The van der Waals surface area contributed by atoms with Crippen LogP contribution in [-0.4, -0.2) is 49.5 Å². The van der Waals surface area contributed by atoms with Gasteiger partial charge in [0.25, 0.3) is 0 Å². The predicted molar refractivity (Wildman–Crippen MR) is 77.2 cm³/mol. The van der Waals surface area contributed by atoms with Gasteiger partial charge in [-0.05, 0) is 29.6 Å². The van der Waals surface area contributed by atoms with Gasteiger partial charge in [-0.1, -0.05) is 15.9 Å². The Kier molecular flexibility index (Phi) is 2.06. The molecule has 23 heavy (non-hydrogen) atoms. The van der Waals surface area contributed by atoms with Gasteiger partial charge in [-0.25, -0.2) is 0 Å². The molecule has 1 saturated heterocycles. The summed E-state index contributed by atoms with van der Waals surface area (Å²) in [5, 5.41) is 0. The largest absolute Gasteiger partial charge is 0.468 e. The van der Waals surface area contributed by atoms with E-state index in [1.807, 2.05) is 0 Å². The predicted octanol–water partition coefficient (Wildman–Crippen LogP) is 0.577. The average Bonchev–Trinajstić information content (AvgIpc) is 3.09. The van der Waals surface area contributed by atoms with Crippen molar-refractivity contribution in [2.75, 3.05) is 27.4 Å². The minimum absolute atomic E-state index is 0.111. The lowest BCUT2D eigenvalue weighted by Crippen LogP contribution is -2.94. The maximum Gasteiger partial charge on any atom is 0.320 e. The molecule has 1 heterocycles. The van der Waals surface area contributed by atoms with Gasteiger partial charge in [-0.15, -0.1) is 0 Å². The molecule has 6 aliphatic carbocycles. The summed E-state index contributed by atoms with van der Waals surface area (Å²) in [5.74, 6) is -0.0945. The van der Waals surface area contributed by atoms with E-state index in [9.17, 15) is 9.59 Å². The Balaban J connectivity index is 1.44. The first-order valence-electron chi connectivity index (χ1n) is 8.16. The van der Waals surface area contributed by atoms with Crippen molar-refractivity contribution in [2.45, 2.75) is 10.1 Å². The van der Waals surface area contributed by atoms with Gasteiger partial charge in [0, 0.05) is 11.3 Å². The first-order valence-corrected chi connectivity index (χ1v) is 8.95. The Morgan fingerprint density at radius 1 is 0.957 bits per heavy atom. The third-order valence-electron chi connectivity index (χ3n) is 8.09. The second kappa shape index (κ2) is 3.48. The molecule has 7 aliphatic rings. The standard InChI is InChI=1S/C16H17BrO6/c1-20-12(18)11(13(19)21-2)14-5-8-6(14)10-7(14)9(5)15(8,17)16(10)22-3-4-23-16/h5-11H,3-4H2,1-2H3/t5?,6-,7+,8-,9-,10?,14?,15?/m0/s1. The van der Waals surface area contributed by atoms with E-state index >= 15 is 0 Å². The number of halogens is 1. The van der Waals surface area contributed by atoms with Crippen molar-refractivity contribution >= 4 is 27.9 Å². The highest BCUT2D eigenvalue weighted by Crippen LogP contribution is 3.05. The highest BCUT2D eigenvalue weighted by atomic mass is 79.9. The zero-order valence-corrected chi connectivity index (χ0v) is 14.4. The van der Waals surface area contributed by atoms with Gasteiger partial charge in [0.15, 0.2) is 11.7 Å². The number of methoxy groups -OCH3 is 2. The summed E-state index contributed by atoms with van der Waals surface area (Å²) in [6.07, 6.45) is 0. The van der Waals surface area contributed by atoms with Crippen molar-refractivity contribution in [3.05, 3.63) is 0 Å². The molecule has 0 amide bonds. The summed E-state index contributed by atoms with van der Waals surface area (Å²) in [6.45, 7) is 1.25. The molecule has 124 valence electrons. The third-order valence-corrected chi connectivity index (χ3v) is 9.70. The van der Waals surface area contributed by atoms with Crippen molar-refractivity contribution in [1.29, 1.82) is 0 Å². The van der Waals surface area contributed by atoms with Gasteiger partial charge >= 0.3 is 11.9 Å². The van der Waals surface area contributed by atoms with Crippen LogP contribution in [0.4, 0.5) is 0 Å². The number of hydrogen-bond donors (Lipinski definition) is 0. The van der Waals surface area contributed by atoms with Gasteiger partial charge in [0.05, 0.1) is 31.8 Å². The Morgan fingerprint density at radius 2 is 1.43 bits per heavy atom. The van der Waals surface area contributed by atoms with Gasteiger partial charge in [0.1, 0.15) is 0 Å². The lowest BCUT2D eigenvalue weighted by Gasteiger charge is -2.92. The lowest BCUT2D eigenvalue weighted by atomic mass is 9.11. The van der Waals surface area contributed by atoms with Crippen LogP contribution in [0.15, 0.2) is 0 Å². The third kappa shape index (κ3) is 0.878. The van der Waals surface area contributed by atoms with E-state index in [0.29, 0.717) is 48.7 Å². The van der Waals surface area contributed by atoms with Crippen LogP contribution < -0.4 is 0 Å². The van der Waals surface area contributed by atoms with E-state index in [1.54, 1.807) is 0 Å².